The van der Waals surface area contributed by atoms with Crippen LogP contribution in [0.3, 0.4) is 0 Å². The molecule has 170 valence electrons. The van der Waals surface area contributed by atoms with Crippen molar-refractivity contribution in [1.82, 2.24) is 4.57 Å². The molecule has 1 heteroatoms. The van der Waals surface area contributed by atoms with Crippen LogP contribution in [0.4, 0.5) is 0 Å². The van der Waals surface area contributed by atoms with Crippen LogP contribution in [0.25, 0.3) is 61.9 Å². The van der Waals surface area contributed by atoms with Crippen molar-refractivity contribution >= 4 is 34.0 Å². The van der Waals surface area contributed by atoms with E-state index in [1.165, 1.54) is 72.0 Å². The maximum atomic E-state index is 2.45. The molecule has 5 aromatic carbocycles. The largest absolute Gasteiger partial charge is 0.308 e. The summed E-state index contributed by atoms with van der Waals surface area (Å²) in [6, 6.07) is 38.3. The monoisotopic (exact) mass is 459 g/mol. The van der Waals surface area contributed by atoms with E-state index in [0.717, 1.165) is 0 Å². The number of aromatic nitrogens is 1. The van der Waals surface area contributed by atoms with Crippen LogP contribution < -0.4 is 0 Å². The van der Waals surface area contributed by atoms with Gasteiger partial charge in [-0.2, -0.15) is 0 Å². The molecule has 1 aliphatic heterocycles. The summed E-state index contributed by atoms with van der Waals surface area (Å²) >= 11 is 0. The third-order valence-corrected chi connectivity index (χ3v) is 8.36. The Morgan fingerprint density at radius 2 is 1.28 bits per heavy atom. The number of fused-ring (bicyclic) bond motifs is 8. The van der Waals surface area contributed by atoms with E-state index in [-0.39, 0.29) is 5.41 Å². The number of benzene rings is 5. The Morgan fingerprint density at radius 1 is 0.556 bits per heavy atom. The maximum Gasteiger partial charge on any atom is 0.0613 e. The van der Waals surface area contributed by atoms with Crippen LogP contribution in [0.2, 0.25) is 0 Å². The van der Waals surface area contributed by atoms with Crippen LogP contribution in [0.5, 0.6) is 0 Å². The van der Waals surface area contributed by atoms with Gasteiger partial charge in [0.15, 0.2) is 0 Å². The Bertz CT molecular complexity index is 1910. The van der Waals surface area contributed by atoms with Gasteiger partial charge in [-0.1, -0.05) is 105 Å². The summed E-state index contributed by atoms with van der Waals surface area (Å²) in [7, 11) is 0. The van der Waals surface area contributed by atoms with Crippen molar-refractivity contribution in [2.45, 2.75) is 19.3 Å². The molecule has 0 atom stereocenters. The fourth-order valence-corrected chi connectivity index (χ4v) is 6.56. The van der Waals surface area contributed by atoms with E-state index in [9.17, 15) is 0 Å². The predicted octanol–water partition coefficient (Wildman–Crippen LogP) is 9.24. The van der Waals surface area contributed by atoms with Crippen molar-refractivity contribution in [3.8, 4) is 27.9 Å². The molecule has 0 fully saturated rings. The smallest absolute Gasteiger partial charge is 0.0613 e. The van der Waals surface area contributed by atoms with E-state index in [1.54, 1.807) is 0 Å². The Labute approximate surface area is 211 Å². The summed E-state index contributed by atoms with van der Waals surface area (Å²) < 4.78 is 2.45. The molecule has 8 rings (SSSR count). The first kappa shape index (κ1) is 19.9. The molecule has 0 N–H and O–H groups in total. The van der Waals surface area contributed by atoms with E-state index in [4.69, 9.17) is 0 Å². The zero-order chi connectivity index (χ0) is 24.0. The van der Waals surface area contributed by atoms with Gasteiger partial charge in [0.1, 0.15) is 0 Å². The Kier molecular flexibility index (Phi) is 3.79. The molecule has 0 spiro atoms. The van der Waals surface area contributed by atoms with Crippen LogP contribution in [0, 0.1) is 0 Å². The molecule has 36 heavy (non-hydrogen) atoms. The van der Waals surface area contributed by atoms with Crippen molar-refractivity contribution < 1.29 is 0 Å². The molecule has 1 aliphatic carbocycles. The molecule has 0 radical (unpaired) electrons. The van der Waals surface area contributed by atoms with Gasteiger partial charge in [0.2, 0.25) is 0 Å². The summed E-state index contributed by atoms with van der Waals surface area (Å²) in [4.78, 5) is 0. The normalized spacial score (nSPS) is 14.5. The molecule has 0 saturated heterocycles. The van der Waals surface area contributed by atoms with Crippen LogP contribution in [0.1, 0.15) is 36.1 Å². The van der Waals surface area contributed by atoms with Crippen LogP contribution in [-0.2, 0) is 5.41 Å². The number of hydrogen-bond donors (Lipinski definition) is 0. The molecule has 6 aromatic rings. The van der Waals surface area contributed by atoms with Gasteiger partial charge >= 0.3 is 0 Å². The third-order valence-electron chi connectivity index (χ3n) is 8.36. The molecular formula is C35H25N. The first-order chi connectivity index (χ1) is 17.6. The highest BCUT2D eigenvalue weighted by molar-refractivity contribution is 6.14. The van der Waals surface area contributed by atoms with Gasteiger partial charge in [-0.05, 0) is 68.8 Å². The average Bonchev–Trinajstić information content (AvgIpc) is 3.29. The fourth-order valence-electron chi connectivity index (χ4n) is 6.56. The zero-order valence-corrected chi connectivity index (χ0v) is 20.4. The highest BCUT2D eigenvalue weighted by Crippen LogP contribution is 2.49. The van der Waals surface area contributed by atoms with Gasteiger partial charge in [0.05, 0.1) is 16.7 Å². The van der Waals surface area contributed by atoms with Crippen molar-refractivity contribution in [2.75, 3.05) is 0 Å². The summed E-state index contributed by atoms with van der Waals surface area (Å²) in [6.07, 6.45) is 4.49. The van der Waals surface area contributed by atoms with Gasteiger partial charge in [0, 0.05) is 16.2 Å². The molecule has 1 nitrogen and oxygen atoms in total. The Balaban J connectivity index is 1.37. The topological polar surface area (TPSA) is 4.93 Å². The van der Waals surface area contributed by atoms with Crippen molar-refractivity contribution in [3.63, 3.8) is 0 Å². The molecule has 0 bridgehead atoms. The lowest BCUT2D eigenvalue weighted by atomic mass is 9.81. The second-order valence-corrected chi connectivity index (χ2v) is 10.6. The number of para-hydroxylation sites is 2. The maximum absolute atomic E-state index is 2.45. The van der Waals surface area contributed by atoms with Crippen LogP contribution in [-0.4, -0.2) is 4.57 Å². The van der Waals surface area contributed by atoms with Crippen LogP contribution in [0.15, 0.2) is 103 Å². The van der Waals surface area contributed by atoms with Crippen LogP contribution >= 0.6 is 0 Å². The van der Waals surface area contributed by atoms with Gasteiger partial charge < -0.3 is 4.57 Å². The Hall–Kier alpha value is -4.36. The van der Waals surface area contributed by atoms with Crippen molar-refractivity contribution in [2.24, 2.45) is 0 Å². The van der Waals surface area contributed by atoms with E-state index >= 15 is 0 Å². The second-order valence-electron chi connectivity index (χ2n) is 10.6. The molecule has 1 aromatic heterocycles. The molecule has 0 unspecified atom stereocenters. The standard InChI is InChI=1S/C35H25N/c1-35(2)30-12-5-4-10-26(30)27-18-16-25(21-31(27)35)24-17-19-33-29(20-24)28-11-7-9-23-15-14-22-8-3-6-13-32(22)36(33)34(23)28/h3-21H,1-2H3. The van der Waals surface area contributed by atoms with Gasteiger partial charge in [-0.3, -0.25) is 0 Å². The SMILES string of the molecule is CC1(C)c2ccccc2-c2ccc(-c3ccc4c(c3)c3cccc5c3n4-c3ccccc3C=C5)cc21. The van der Waals surface area contributed by atoms with E-state index in [1.807, 2.05) is 0 Å². The second kappa shape index (κ2) is 6.86. The first-order valence-corrected chi connectivity index (χ1v) is 12.7. The summed E-state index contributed by atoms with van der Waals surface area (Å²) in [5, 5.41) is 2.61. The summed E-state index contributed by atoms with van der Waals surface area (Å²) in [6.45, 7) is 4.70. The summed E-state index contributed by atoms with van der Waals surface area (Å²) in [5.41, 5.74) is 14.4. The van der Waals surface area contributed by atoms with Gasteiger partial charge in [-0.15, -0.1) is 0 Å². The minimum atomic E-state index is 0.00398. The Morgan fingerprint density at radius 3 is 2.22 bits per heavy atom. The first-order valence-electron chi connectivity index (χ1n) is 12.7. The van der Waals surface area contributed by atoms with Gasteiger partial charge in [-0.25, -0.2) is 0 Å². The number of nitrogens with zero attached hydrogens (tertiary/aromatic N) is 1. The molecule has 0 saturated carbocycles. The predicted molar refractivity (Wildman–Crippen MR) is 153 cm³/mol. The van der Waals surface area contributed by atoms with Crippen molar-refractivity contribution in [3.05, 3.63) is 125 Å². The van der Waals surface area contributed by atoms with E-state index in [2.05, 4.69) is 134 Å². The number of rotatable bonds is 1. The quantitative estimate of drug-likeness (QED) is 0.230. The lowest BCUT2D eigenvalue weighted by molar-refractivity contribution is 0.660. The lowest BCUT2D eigenvalue weighted by Gasteiger charge is -2.22. The summed E-state index contributed by atoms with van der Waals surface area (Å²) in [5.74, 6) is 0. The number of hydrogen-bond acceptors (Lipinski definition) is 0. The van der Waals surface area contributed by atoms with Crippen molar-refractivity contribution in [1.29, 1.82) is 0 Å². The average molecular weight is 460 g/mol. The van der Waals surface area contributed by atoms with E-state index < -0.39 is 0 Å². The molecular weight excluding hydrogens is 434 g/mol. The third kappa shape index (κ3) is 2.50. The minimum absolute atomic E-state index is 0.00398. The molecule has 2 heterocycles. The van der Waals surface area contributed by atoms with Gasteiger partial charge in [0.25, 0.3) is 0 Å². The highest BCUT2D eigenvalue weighted by Gasteiger charge is 2.35. The molecule has 2 aliphatic rings. The molecule has 0 amide bonds. The van der Waals surface area contributed by atoms with E-state index in [0.29, 0.717) is 0 Å². The lowest BCUT2D eigenvalue weighted by Crippen LogP contribution is -2.14. The fraction of sp³-hybridized carbons (Fsp3) is 0.0857. The highest BCUT2D eigenvalue weighted by atomic mass is 15.0. The zero-order valence-electron chi connectivity index (χ0n) is 20.4. The minimum Gasteiger partial charge on any atom is -0.308 e.